The Hall–Kier alpha value is -1.62. The van der Waals surface area contributed by atoms with Gasteiger partial charge in [0, 0.05) is 12.6 Å². The molecule has 0 amide bonds. The smallest absolute Gasteiger partial charge is 0.305 e. The third-order valence-corrected chi connectivity index (χ3v) is 3.79. The van der Waals surface area contributed by atoms with E-state index in [9.17, 15) is 4.79 Å². The fourth-order valence-electron chi connectivity index (χ4n) is 1.77. The fourth-order valence-corrected chi connectivity index (χ4v) is 2.90. The Kier molecular flexibility index (Phi) is 3.81. The molecule has 0 aliphatic carbocycles. The Balaban J connectivity index is 2.26. The summed E-state index contributed by atoms with van der Waals surface area (Å²) in [6, 6.07) is 8.20. The molecule has 0 fully saturated rings. The molecule has 1 N–H and O–H groups in total. The number of nitrogens with zero attached hydrogens (tertiary/aromatic N) is 2. The van der Waals surface area contributed by atoms with E-state index in [1.54, 1.807) is 11.3 Å². The van der Waals surface area contributed by atoms with Crippen molar-refractivity contribution in [2.75, 3.05) is 11.4 Å². The zero-order valence-electron chi connectivity index (χ0n) is 10.5. The number of benzene rings is 1. The summed E-state index contributed by atoms with van der Waals surface area (Å²) in [5.41, 5.74) is 0.971. The molecule has 2 rings (SSSR count). The lowest BCUT2D eigenvalue weighted by Crippen LogP contribution is -2.32. The van der Waals surface area contributed by atoms with Crippen molar-refractivity contribution in [3.05, 3.63) is 24.3 Å². The Morgan fingerprint density at radius 3 is 2.78 bits per heavy atom. The van der Waals surface area contributed by atoms with Crippen molar-refractivity contribution in [1.29, 1.82) is 0 Å². The Morgan fingerprint density at radius 2 is 2.17 bits per heavy atom. The van der Waals surface area contributed by atoms with Crippen molar-refractivity contribution in [2.24, 2.45) is 0 Å². The van der Waals surface area contributed by atoms with Crippen molar-refractivity contribution < 1.29 is 9.90 Å². The molecule has 4 nitrogen and oxygen atoms in total. The Labute approximate surface area is 110 Å². The molecule has 0 aliphatic heterocycles. The zero-order chi connectivity index (χ0) is 13.1. The van der Waals surface area contributed by atoms with Crippen molar-refractivity contribution in [1.82, 2.24) is 4.98 Å². The lowest BCUT2D eigenvalue weighted by Gasteiger charge is -2.25. The van der Waals surface area contributed by atoms with Crippen molar-refractivity contribution in [3.63, 3.8) is 0 Å². The first-order chi connectivity index (χ1) is 8.58. The van der Waals surface area contributed by atoms with Gasteiger partial charge in [-0.15, -0.1) is 0 Å². The van der Waals surface area contributed by atoms with Gasteiger partial charge in [0.05, 0.1) is 16.6 Å². The molecule has 0 saturated carbocycles. The van der Waals surface area contributed by atoms with Gasteiger partial charge in [-0.1, -0.05) is 23.5 Å². The van der Waals surface area contributed by atoms with Crippen LogP contribution < -0.4 is 4.90 Å². The molecule has 0 saturated heterocycles. The second kappa shape index (κ2) is 5.35. The maximum absolute atomic E-state index is 10.7. The quantitative estimate of drug-likeness (QED) is 0.902. The van der Waals surface area contributed by atoms with Crippen LogP contribution in [-0.4, -0.2) is 28.6 Å². The van der Waals surface area contributed by atoms with Crippen LogP contribution >= 0.6 is 11.3 Å². The van der Waals surface area contributed by atoms with Crippen LogP contribution in [0.2, 0.25) is 0 Å². The van der Waals surface area contributed by atoms with Crippen LogP contribution in [0.25, 0.3) is 10.2 Å². The van der Waals surface area contributed by atoms with Crippen LogP contribution in [0.1, 0.15) is 20.3 Å². The van der Waals surface area contributed by atoms with Gasteiger partial charge < -0.3 is 10.0 Å². The SMILES string of the molecule is CC(C)N(CCC(=O)O)c1nc2ccccc2s1. The molecule has 1 aromatic carbocycles. The number of rotatable bonds is 5. The van der Waals surface area contributed by atoms with Crippen molar-refractivity contribution >= 4 is 32.7 Å². The maximum atomic E-state index is 10.7. The maximum Gasteiger partial charge on any atom is 0.305 e. The van der Waals surface area contributed by atoms with E-state index >= 15 is 0 Å². The Bertz CT molecular complexity index is 518. The monoisotopic (exact) mass is 264 g/mol. The third kappa shape index (κ3) is 2.79. The summed E-state index contributed by atoms with van der Waals surface area (Å²) in [7, 11) is 0. The standard InChI is InChI=1S/C13H16N2O2S/c1-9(2)15(8-7-12(16)17)13-14-10-5-3-4-6-11(10)18-13/h3-6,9H,7-8H2,1-2H3,(H,16,17). The molecule has 0 unspecified atom stereocenters. The van der Waals surface area contributed by atoms with Crippen molar-refractivity contribution in [2.45, 2.75) is 26.3 Å². The second-order valence-electron chi connectivity index (χ2n) is 4.40. The number of anilines is 1. The molecule has 0 atom stereocenters. The van der Waals surface area contributed by atoms with E-state index in [-0.39, 0.29) is 12.5 Å². The van der Waals surface area contributed by atoms with Gasteiger partial charge in [0.15, 0.2) is 5.13 Å². The van der Waals surface area contributed by atoms with Gasteiger partial charge in [-0.25, -0.2) is 4.98 Å². The topological polar surface area (TPSA) is 53.4 Å². The molecule has 0 bridgehead atoms. The number of hydrogen-bond acceptors (Lipinski definition) is 4. The van der Waals surface area contributed by atoms with Crippen LogP contribution in [0.3, 0.4) is 0 Å². The molecular formula is C13H16N2O2S. The molecule has 1 heterocycles. The first kappa shape index (κ1) is 12.8. The van der Waals surface area contributed by atoms with E-state index in [0.29, 0.717) is 6.54 Å². The van der Waals surface area contributed by atoms with E-state index in [1.807, 2.05) is 43.0 Å². The molecule has 0 aliphatic rings. The number of thiazole rings is 1. The minimum atomic E-state index is -0.776. The van der Waals surface area contributed by atoms with Crippen LogP contribution in [0.5, 0.6) is 0 Å². The van der Waals surface area contributed by atoms with E-state index < -0.39 is 5.97 Å². The average Bonchev–Trinajstić information content (AvgIpc) is 2.71. The summed E-state index contributed by atoms with van der Waals surface area (Å²) in [5, 5.41) is 9.68. The molecule has 5 heteroatoms. The van der Waals surface area contributed by atoms with Gasteiger partial charge in [0.2, 0.25) is 0 Å². The van der Waals surface area contributed by atoms with Gasteiger partial charge >= 0.3 is 5.97 Å². The highest BCUT2D eigenvalue weighted by molar-refractivity contribution is 7.22. The van der Waals surface area contributed by atoms with Crippen LogP contribution in [0, 0.1) is 0 Å². The van der Waals surface area contributed by atoms with E-state index in [2.05, 4.69) is 4.98 Å². The number of carboxylic acids is 1. The lowest BCUT2D eigenvalue weighted by molar-refractivity contribution is -0.136. The normalized spacial score (nSPS) is 11.1. The molecule has 0 radical (unpaired) electrons. The summed E-state index contributed by atoms with van der Waals surface area (Å²) in [6.45, 7) is 4.59. The van der Waals surface area contributed by atoms with E-state index in [1.165, 1.54) is 0 Å². The summed E-state index contributed by atoms with van der Waals surface area (Å²) in [4.78, 5) is 17.3. The highest BCUT2D eigenvalue weighted by Crippen LogP contribution is 2.29. The first-order valence-corrected chi connectivity index (χ1v) is 6.73. The summed E-state index contributed by atoms with van der Waals surface area (Å²) >= 11 is 1.61. The van der Waals surface area contributed by atoms with Gasteiger partial charge in [0.25, 0.3) is 0 Å². The number of carboxylic acid groups (broad SMARTS) is 1. The predicted octanol–water partition coefficient (Wildman–Crippen LogP) is 2.99. The molecule has 18 heavy (non-hydrogen) atoms. The summed E-state index contributed by atoms with van der Waals surface area (Å²) in [6.07, 6.45) is 0.133. The van der Waals surface area contributed by atoms with Crippen molar-refractivity contribution in [3.8, 4) is 0 Å². The number of aliphatic carboxylic acids is 1. The first-order valence-electron chi connectivity index (χ1n) is 5.92. The minimum absolute atomic E-state index is 0.133. The predicted molar refractivity (Wildman–Crippen MR) is 74.4 cm³/mol. The van der Waals surface area contributed by atoms with Crippen LogP contribution in [0.15, 0.2) is 24.3 Å². The van der Waals surface area contributed by atoms with E-state index in [0.717, 1.165) is 15.3 Å². The Morgan fingerprint density at radius 1 is 1.44 bits per heavy atom. The molecular weight excluding hydrogens is 248 g/mol. The zero-order valence-corrected chi connectivity index (χ0v) is 11.3. The molecule has 96 valence electrons. The van der Waals surface area contributed by atoms with E-state index in [4.69, 9.17) is 5.11 Å². The number of aromatic nitrogens is 1. The van der Waals surface area contributed by atoms with Crippen LogP contribution in [0.4, 0.5) is 5.13 Å². The summed E-state index contributed by atoms with van der Waals surface area (Å²) < 4.78 is 1.13. The number of fused-ring (bicyclic) bond motifs is 1. The highest BCUT2D eigenvalue weighted by atomic mass is 32.1. The largest absolute Gasteiger partial charge is 0.481 e. The average molecular weight is 264 g/mol. The number of para-hydroxylation sites is 1. The van der Waals surface area contributed by atoms with Crippen LogP contribution in [-0.2, 0) is 4.79 Å². The second-order valence-corrected chi connectivity index (χ2v) is 5.40. The van der Waals surface area contributed by atoms with Gasteiger partial charge in [-0.2, -0.15) is 0 Å². The molecule has 0 spiro atoms. The lowest BCUT2D eigenvalue weighted by atomic mass is 10.3. The number of carbonyl (C=O) groups is 1. The molecule has 1 aromatic heterocycles. The highest BCUT2D eigenvalue weighted by Gasteiger charge is 2.16. The van der Waals surface area contributed by atoms with Gasteiger partial charge in [-0.3, -0.25) is 4.79 Å². The fraction of sp³-hybridized carbons (Fsp3) is 0.385. The summed E-state index contributed by atoms with van der Waals surface area (Å²) in [5.74, 6) is -0.776. The minimum Gasteiger partial charge on any atom is -0.481 e. The molecule has 2 aromatic rings. The van der Waals surface area contributed by atoms with Gasteiger partial charge in [0.1, 0.15) is 0 Å². The van der Waals surface area contributed by atoms with Gasteiger partial charge in [-0.05, 0) is 26.0 Å². The third-order valence-electron chi connectivity index (χ3n) is 2.72. The number of hydrogen-bond donors (Lipinski definition) is 1.